The van der Waals surface area contributed by atoms with E-state index in [1.165, 1.54) is 12.0 Å². The summed E-state index contributed by atoms with van der Waals surface area (Å²) in [4.78, 5) is 14.2. The smallest absolute Gasteiger partial charge is 0.223 e. The SMILES string of the molecule is O=C1CC[C@@H]2CCNC[C@H]2N1Cc1ccccc1. The van der Waals surface area contributed by atoms with E-state index in [0.29, 0.717) is 17.9 Å². The Morgan fingerprint density at radius 1 is 1.22 bits per heavy atom. The van der Waals surface area contributed by atoms with Crippen LogP contribution < -0.4 is 5.32 Å². The highest BCUT2D eigenvalue weighted by Gasteiger charge is 2.36. The van der Waals surface area contributed by atoms with E-state index in [-0.39, 0.29) is 0 Å². The fourth-order valence-electron chi connectivity index (χ4n) is 3.22. The van der Waals surface area contributed by atoms with Crippen molar-refractivity contribution in [3.05, 3.63) is 35.9 Å². The quantitative estimate of drug-likeness (QED) is 0.860. The van der Waals surface area contributed by atoms with Crippen molar-refractivity contribution in [1.29, 1.82) is 0 Å². The van der Waals surface area contributed by atoms with Crippen LogP contribution in [0.3, 0.4) is 0 Å². The molecule has 3 heteroatoms. The molecule has 0 spiro atoms. The van der Waals surface area contributed by atoms with Crippen LogP contribution in [0.15, 0.2) is 30.3 Å². The standard InChI is InChI=1S/C15H20N2O/c18-15-7-6-13-8-9-16-10-14(13)17(15)11-12-4-2-1-3-5-12/h1-5,13-14,16H,6-11H2/t13-,14-/m1/s1. The summed E-state index contributed by atoms with van der Waals surface area (Å²) in [5, 5.41) is 3.43. The van der Waals surface area contributed by atoms with Gasteiger partial charge in [0.15, 0.2) is 0 Å². The molecule has 3 nitrogen and oxygen atoms in total. The lowest BCUT2D eigenvalue weighted by Crippen LogP contribution is -2.55. The topological polar surface area (TPSA) is 32.3 Å². The minimum atomic E-state index is 0.323. The number of hydrogen-bond acceptors (Lipinski definition) is 2. The van der Waals surface area contributed by atoms with E-state index in [9.17, 15) is 4.79 Å². The number of rotatable bonds is 2. The predicted octanol–water partition coefficient (Wildman–Crippen LogP) is 1.79. The van der Waals surface area contributed by atoms with Crippen LogP contribution in [0.2, 0.25) is 0 Å². The van der Waals surface area contributed by atoms with E-state index in [1.54, 1.807) is 0 Å². The molecule has 3 rings (SSSR count). The molecule has 2 fully saturated rings. The van der Waals surface area contributed by atoms with Gasteiger partial charge in [-0.3, -0.25) is 4.79 Å². The normalized spacial score (nSPS) is 28.0. The molecule has 2 aliphatic heterocycles. The summed E-state index contributed by atoms with van der Waals surface area (Å²) in [6.07, 6.45) is 3.02. The lowest BCUT2D eigenvalue weighted by atomic mass is 9.83. The molecule has 0 bridgehead atoms. The van der Waals surface area contributed by atoms with Gasteiger partial charge in [0, 0.05) is 25.6 Å². The highest BCUT2D eigenvalue weighted by Crippen LogP contribution is 2.29. The molecule has 0 unspecified atom stereocenters. The van der Waals surface area contributed by atoms with Crippen LogP contribution >= 0.6 is 0 Å². The number of piperidine rings is 2. The van der Waals surface area contributed by atoms with Crippen LogP contribution in [0.1, 0.15) is 24.8 Å². The van der Waals surface area contributed by atoms with Crippen molar-refractivity contribution in [2.75, 3.05) is 13.1 Å². The first kappa shape index (κ1) is 11.7. The average molecular weight is 244 g/mol. The zero-order valence-electron chi connectivity index (χ0n) is 10.6. The number of hydrogen-bond donors (Lipinski definition) is 1. The molecular formula is C15H20N2O. The van der Waals surface area contributed by atoms with Crippen LogP contribution in [-0.4, -0.2) is 29.9 Å². The molecule has 2 saturated heterocycles. The minimum Gasteiger partial charge on any atom is -0.334 e. The van der Waals surface area contributed by atoms with E-state index in [4.69, 9.17) is 0 Å². The first-order chi connectivity index (χ1) is 8.84. The second-order valence-electron chi connectivity index (χ2n) is 5.37. The first-order valence-corrected chi connectivity index (χ1v) is 6.89. The predicted molar refractivity (Wildman–Crippen MR) is 71.0 cm³/mol. The van der Waals surface area contributed by atoms with E-state index >= 15 is 0 Å². The van der Waals surface area contributed by atoms with Gasteiger partial charge in [-0.1, -0.05) is 30.3 Å². The molecule has 0 radical (unpaired) electrons. The van der Waals surface area contributed by atoms with Gasteiger partial charge in [0.1, 0.15) is 0 Å². The molecule has 96 valence electrons. The zero-order chi connectivity index (χ0) is 12.4. The van der Waals surface area contributed by atoms with Crippen molar-refractivity contribution in [3.8, 4) is 0 Å². The van der Waals surface area contributed by atoms with Gasteiger partial charge in [-0.2, -0.15) is 0 Å². The minimum absolute atomic E-state index is 0.323. The fraction of sp³-hybridized carbons (Fsp3) is 0.533. The summed E-state index contributed by atoms with van der Waals surface area (Å²) < 4.78 is 0. The van der Waals surface area contributed by atoms with Gasteiger partial charge in [-0.05, 0) is 30.9 Å². The second kappa shape index (κ2) is 5.11. The maximum absolute atomic E-state index is 12.2. The molecule has 0 aliphatic carbocycles. The third-order valence-electron chi connectivity index (χ3n) is 4.23. The molecular weight excluding hydrogens is 224 g/mol. The van der Waals surface area contributed by atoms with Gasteiger partial charge in [-0.25, -0.2) is 0 Å². The summed E-state index contributed by atoms with van der Waals surface area (Å²) in [7, 11) is 0. The van der Waals surface area contributed by atoms with Crippen molar-refractivity contribution < 1.29 is 4.79 Å². The van der Waals surface area contributed by atoms with E-state index in [0.717, 1.165) is 32.5 Å². The largest absolute Gasteiger partial charge is 0.334 e. The molecule has 1 amide bonds. The van der Waals surface area contributed by atoms with Gasteiger partial charge in [0.25, 0.3) is 0 Å². The number of nitrogens with zero attached hydrogens (tertiary/aromatic N) is 1. The highest BCUT2D eigenvalue weighted by atomic mass is 16.2. The molecule has 1 aromatic rings. The van der Waals surface area contributed by atoms with Gasteiger partial charge in [0.05, 0.1) is 0 Å². The lowest BCUT2D eigenvalue weighted by molar-refractivity contribution is -0.140. The van der Waals surface area contributed by atoms with Crippen molar-refractivity contribution in [2.45, 2.75) is 31.8 Å². The summed E-state index contributed by atoms with van der Waals surface area (Å²) >= 11 is 0. The van der Waals surface area contributed by atoms with Gasteiger partial charge in [-0.15, -0.1) is 0 Å². The second-order valence-corrected chi connectivity index (χ2v) is 5.37. The Morgan fingerprint density at radius 3 is 2.89 bits per heavy atom. The van der Waals surface area contributed by atoms with E-state index in [2.05, 4.69) is 22.3 Å². The third-order valence-corrected chi connectivity index (χ3v) is 4.23. The summed E-state index contributed by atoms with van der Waals surface area (Å²) in [5.41, 5.74) is 1.23. The maximum atomic E-state index is 12.2. The number of carbonyl (C=O) groups is 1. The van der Waals surface area contributed by atoms with Crippen molar-refractivity contribution >= 4 is 5.91 Å². The molecule has 18 heavy (non-hydrogen) atoms. The first-order valence-electron chi connectivity index (χ1n) is 6.89. The maximum Gasteiger partial charge on any atom is 0.223 e. The van der Waals surface area contributed by atoms with E-state index < -0.39 is 0 Å². The van der Waals surface area contributed by atoms with Gasteiger partial charge in [0.2, 0.25) is 5.91 Å². The molecule has 2 heterocycles. The number of carbonyl (C=O) groups excluding carboxylic acids is 1. The van der Waals surface area contributed by atoms with Crippen molar-refractivity contribution in [2.24, 2.45) is 5.92 Å². The van der Waals surface area contributed by atoms with Crippen LogP contribution in [0.4, 0.5) is 0 Å². The molecule has 1 aromatic carbocycles. The van der Waals surface area contributed by atoms with Gasteiger partial charge < -0.3 is 10.2 Å². The Labute approximate surface area is 108 Å². The summed E-state index contributed by atoms with van der Waals surface area (Å²) in [6.45, 7) is 2.83. The Bertz CT molecular complexity index is 418. The third kappa shape index (κ3) is 2.27. The Hall–Kier alpha value is -1.35. The molecule has 2 atom stereocenters. The fourth-order valence-corrected chi connectivity index (χ4v) is 3.22. The van der Waals surface area contributed by atoms with E-state index in [1.807, 2.05) is 18.2 Å². The highest BCUT2D eigenvalue weighted by molar-refractivity contribution is 5.77. The van der Waals surface area contributed by atoms with Crippen LogP contribution in [0.25, 0.3) is 0 Å². The number of likely N-dealkylation sites (tertiary alicyclic amines) is 1. The molecule has 1 N–H and O–H groups in total. The number of benzene rings is 1. The lowest BCUT2D eigenvalue weighted by Gasteiger charge is -2.44. The number of nitrogens with one attached hydrogen (secondary N) is 1. The Balaban J connectivity index is 1.77. The number of fused-ring (bicyclic) bond motifs is 1. The summed E-state index contributed by atoms with van der Waals surface area (Å²) in [6, 6.07) is 10.7. The summed E-state index contributed by atoms with van der Waals surface area (Å²) in [5.74, 6) is 1.02. The molecule has 0 aromatic heterocycles. The van der Waals surface area contributed by atoms with Gasteiger partial charge >= 0.3 is 0 Å². The molecule has 0 saturated carbocycles. The van der Waals surface area contributed by atoms with Crippen LogP contribution in [0.5, 0.6) is 0 Å². The Morgan fingerprint density at radius 2 is 2.06 bits per heavy atom. The zero-order valence-corrected chi connectivity index (χ0v) is 10.6. The average Bonchev–Trinajstić information content (AvgIpc) is 2.43. The Kier molecular flexibility index (Phi) is 3.33. The number of amides is 1. The van der Waals surface area contributed by atoms with Crippen LogP contribution in [0, 0.1) is 5.92 Å². The monoisotopic (exact) mass is 244 g/mol. The van der Waals surface area contributed by atoms with Crippen LogP contribution in [-0.2, 0) is 11.3 Å². The molecule has 2 aliphatic rings. The van der Waals surface area contributed by atoms with Crippen molar-refractivity contribution in [3.63, 3.8) is 0 Å². The van der Waals surface area contributed by atoms with Crippen molar-refractivity contribution in [1.82, 2.24) is 10.2 Å².